The lowest BCUT2D eigenvalue weighted by Gasteiger charge is -2.09. The number of phenolic OH excluding ortho intramolecular Hbond substituents is 1. The van der Waals surface area contributed by atoms with Gasteiger partial charge in [0.05, 0.1) is 5.02 Å². The van der Waals surface area contributed by atoms with Gasteiger partial charge in [-0.15, -0.1) is 0 Å². The summed E-state index contributed by atoms with van der Waals surface area (Å²) in [6.07, 6.45) is 0. The minimum absolute atomic E-state index is 0.120. The molecule has 0 saturated carbocycles. The van der Waals surface area contributed by atoms with Crippen molar-refractivity contribution >= 4 is 22.4 Å². The van der Waals surface area contributed by atoms with Crippen molar-refractivity contribution in [3.63, 3.8) is 0 Å². The molecule has 106 valence electrons. The van der Waals surface area contributed by atoms with E-state index in [-0.39, 0.29) is 5.75 Å². The number of hydrogen-bond acceptors (Lipinski definition) is 2. The van der Waals surface area contributed by atoms with Crippen LogP contribution in [0.4, 0.5) is 0 Å². The van der Waals surface area contributed by atoms with Gasteiger partial charge in [-0.3, -0.25) is 0 Å². The van der Waals surface area contributed by atoms with Gasteiger partial charge >= 0.3 is 0 Å². The van der Waals surface area contributed by atoms with E-state index in [1.165, 1.54) is 16.3 Å². The summed E-state index contributed by atoms with van der Waals surface area (Å²) in [6.45, 7) is 1.50. The van der Waals surface area contributed by atoms with E-state index >= 15 is 0 Å². The molecule has 0 spiro atoms. The molecule has 2 nitrogen and oxygen atoms in total. The van der Waals surface area contributed by atoms with Crippen molar-refractivity contribution in [1.82, 2.24) is 5.32 Å². The van der Waals surface area contributed by atoms with Gasteiger partial charge in [0.1, 0.15) is 5.75 Å². The first kappa shape index (κ1) is 13.9. The maximum Gasteiger partial charge on any atom is 0.134 e. The quantitative estimate of drug-likeness (QED) is 0.744. The summed E-state index contributed by atoms with van der Waals surface area (Å²) in [5.41, 5.74) is 2.33. The van der Waals surface area contributed by atoms with Crippen LogP contribution in [0.3, 0.4) is 0 Å². The standard InChI is InChI=1S/C18H16ClNO/c19-17-10-13(8-9-18(17)21)11-20-12-15-6-3-5-14-4-1-2-7-16(14)15/h1-10,20-21H,11-12H2. The Labute approximate surface area is 129 Å². The largest absolute Gasteiger partial charge is 0.506 e. The fourth-order valence-corrected chi connectivity index (χ4v) is 2.65. The SMILES string of the molecule is Oc1ccc(CNCc2cccc3ccccc23)cc1Cl. The number of halogens is 1. The zero-order chi connectivity index (χ0) is 14.7. The number of benzene rings is 3. The van der Waals surface area contributed by atoms with Crippen LogP contribution in [0.25, 0.3) is 10.8 Å². The number of fused-ring (bicyclic) bond motifs is 1. The van der Waals surface area contributed by atoms with Crippen LogP contribution in [-0.2, 0) is 13.1 Å². The highest BCUT2D eigenvalue weighted by Gasteiger charge is 2.02. The molecule has 0 aliphatic heterocycles. The highest BCUT2D eigenvalue weighted by atomic mass is 35.5. The first-order chi connectivity index (χ1) is 10.2. The highest BCUT2D eigenvalue weighted by Crippen LogP contribution is 2.23. The van der Waals surface area contributed by atoms with Crippen LogP contribution in [0.5, 0.6) is 5.75 Å². The molecule has 0 saturated heterocycles. The van der Waals surface area contributed by atoms with E-state index in [1.807, 2.05) is 6.07 Å². The van der Waals surface area contributed by atoms with Gasteiger partial charge in [0, 0.05) is 13.1 Å². The van der Waals surface area contributed by atoms with E-state index < -0.39 is 0 Å². The summed E-state index contributed by atoms with van der Waals surface area (Å²) >= 11 is 5.91. The van der Waals surface area contributed by atoms with Crippen LogP contribution in [0.15, 0.2) is 60.7 Å². The van der Waals surface area contributed by atoms with E-state index in [2.05, 4.69) is 47.8 Å². The number of nitrogens with one attached hydrogen (secondary N) is 1. The van der Waals surface area contributed by atoms with Crippen molar-refractivity contribution in [3.05, 3.63) is 76.8 Å². The molecule has 0 bridgehead atoms. The van der Waals surface area contributed by atoms with Crippen LogP contribution in [0, 0.1) is 0 Å². The van der Waals surface area contributed by atoms with Crippen LogP contribution < -0.4 is 5.32 Å². The molecular weight excluding hydrogens is 282 g/mol. The van der Waals surface area contributed by atoms with E-state index in [4.69, 9.17) is 11.6 Å². The number of phenols is 1. The maximum atomic E-state index is 9.41. The van der Waals surface area contributed by atoms with Crippen molar-refractivity contribution in [2.45, 2.75) is 13.1 Å². The lowest BCUT2D eigenvalue weighted by molar-refractivity contribution is 0.475. The summed E-state index contributed by atoms with van der Waals surface area (Å²) in [6, 6.07) is 20.0. The smallest absolute Gasteiger partial charge is 0.134 e. The summed E-state index contributed by atoms with van der Waals surface area (Å²) in [5, 5.41) is 15.7. The topological polar surface area (TPSA) is 32.3 Å². The van der Waals surface area contributed by atoms with Crippen molar-refractivity contribution in [1.29, 1.82) is 0 Å². The van der Waals surface area contributed by atoms with Gasteiger partial charge < -0.3 is 10.4 Å². The lowest BCUT2D eigenvalue weighted by Crippen LogP contribution is -2.12. The van der Waals surface area contributed by atoms with Gasteiger partial charge in [-0.25, -0.2) is 0 Å². The molecule has 0 unspecified atom stereocenters. The fourth-order valence-electron chi connectivity index (χ4n) is 2.45. The molecule has 0 radical (unpaired) electrons. The van der Waals surface area contributed by atoms with E-state index in [1.54, 1.807) is 12.1 Å². The van der Waals surface area contributed by atoms with Crippen molar-refractivity contribution in [3.8, 4) is 5.75 Å². The highest BCUT2D eigenvalue weighted by molar-refractivity contribution is 6.32. The average Bonchev–Trinajstić information content (AvgIpc) is 2.51. The maximum absolute atomic E-state index is 9.41. The molecule has 3 rings (SSSR count). The zero-order valence-electron chi connectivity index (χ0n) is 11.5. The fraction of sp³-hybridized carbons (Fsp3) is 0.111. The van der Waals surface area contributed by atoms with E-state index in [0.717, 1.165) is 12.1 Å². The Bertz CT molecular complexity index is 765. The van der Waals surface area contributed by atoms with Gasteiger partial charge in [-0.2, -0.15) is 0 Å². The van der Waals surface area contributed by atoms with Crippen LogP contribution in [-0.4, -0.2) is 5.11 Å². The summed E-state index contributed by atoms with van der Waals surface area (Å²) in [4.78, 5) is 0. The molecule has 3 aromatic carbocycles. The molecular formula is C18H16ClNO. The minimum Gasteiger partial charge on any atom is -0.506 e. The molecule has 2 N–H and O–H groups in total. The Morgan fingerprint density at radius 2 is 1.71 bits per heavy atom. The van der Waals surface area contributed by atoms with Crippen LogP contribution in [0.1, 0.15) is 11.1 Å². The van der Waals surface area contributed by atoms with Crippen molar-refractivity contribution < 1.29 is 5.11 Å². The molecule has 0 aromatic heterocycles. The third kappa shape index (κ3) is 3.18. The molecule has 0 heterocycles. The number of hydrogen-bond donors (Lipinski definition) is 2. The first-order valence-electron chi connectivity index (χ1n) is 6.89. The van der Waals surface area contributed by atoms with Crippen LogP contribution in [0.2, 0.25) is 5.02 Å². The summed E-state index contributed by atoms with van der Waals surface area (Å²) in [5.74, 6) is 0.120. The van der Waals surface area contributed by atoms with Gasteiger partial charge in [0.2, 0.25) is 0 Å². The summed E-state index contributed by atoms with van der Waals surface area (Å²) < 4.78 is 0. The Balaban J connectivity index is 1.70. The molecule has 3 heteroatoms. The van der Waals surface area contributed by atoms with Gasteiger partial charge in [-0.05, 0) is 34.0 Å². The van der Waals surface area contributed by atoms with Crippen molar-refractivity contribution in [2.75, 3.05) is 0 Å². The number of aromatic hydroxyl groups is 1. The Morgan fingerprint density at radius 3 is 2.57 bits per heavy atom. The molecule has 0 fully saturated rings. The molecule has 0 aliphatic rings. The third-order valence-corrected chi connectivity index (χ3v) is 3.84. The normalized spacial score (nSPS) is 10.9. The molecule has 0 atom stereocenters. The predicted octanol–water partition coefficient (Wildman–Crippen LogP) is 4.49. The Morgan fingerprint density at radius 1 is 0.905 bits per heavy atom. The predicted molar refractivity (Wildman–Crippen MR) is 87.6 cm³/mol. The molecule has 0 aliphatic carbocycles. The summed E-state index contributed by atoms with van der Waals surface area (Å²) in [7, 11) is 0. The van der Waals surface area contributed by atoms with Crippen LogP contribution >= 0.6 is 11.6 Å². The first-order valence-corrected chi connectivity index (χ1v) is 7.26. The van der Waals surface area contributed by atoms with Gasteiger partial charge in [0.25, 0.3) is 0 Å². The van der Waals surface area contributed by atoms with Crippen molar-refractivity contribution in [2.24, 2.45) is 0 Å². The molecule has 0 amide bonds. The number of rotatable bonds is 4. The minimum atomic E-state index is 0.120. The molecule has 3 aromatic rings. The van der Waals surface area contributed by atoms with Gasteiger partial charge in [0.15, 0.2) is 0 Å². The monoisotopic (exact) mass is 297 g/mol. The van der Waals surface area contributed by atoms with E-state index in [0.29, 0.717) is 11.6 Å². The third-order valence-electron chi connectivity index (χ3n) is 3.54. The Hall–Kier alpha value is -2.03. The lowest BCUT2D eigenvalue weighted by atomic mass is 10.0. The second-order valence-corrected chi connectivity index (χ2v) is 5.43. The second kappa shape index (κ2) is 6.17. The average molecular weight is 298 g/mol. The second-order valence-electron chi connectivity index (χ2n) is 5.03. The van der Waals surface area contributed by atoms with E-state index in [9.17, 15) is 5.11 Å². The Kier molecular flexibility index (Phi) is 4.09. The molecule has 21 heavy (non-hydrogen) atoms. The van der Waals surface area contributed by atoms with Gasteiger partial charge in [-0.1, -0.05) is 60.1 Å². The zero-order valence-corrected chi connectivity index (χ0v) is 12.3.